The fourth-order valence-corrected chi connectivity index (χ4v) is 7.43. The molecule has 218 valence electrons. The van der Waals surface area contributed by atoms with Crippen LogP contribution in [0.5, 0.6) is 0 Å². The molecule has 3 aromatic rings. The van der Waals surface area contributed by atoms with Crippen molar-refractivity contribution in [1.82, 2.24) is 20.1 Å². The van der Waals surface area contributed by atoms with Gasteiger partial charge in [-0.25, -0.2) is 13.8 Å². The summed E-state index contributed by atoms with van der Waals surface area (Å²) in [6, 6.07) is 12.0. The molecule has 2 bridgehead atoms. The van der Waals surface area contributed by atoms with Gasteiger partial charge in [0.05, 0.1) is 5.69 Å². The van der Waals surface area contributed by atoms with Crippen LogP contribution in [0.4, 0.5) is 14.5 Å². The molecule has 0 unspecified atom stereocenters. The molecule has 2 aromatic carbocycles. The maximum atomic E-state index is 14.1. The van der Waals surface area contributed by atoms with Crippen molar-refractivity contribution in [2.75, 3.05) is 19.6 Å². The van der Waals surface area contributed by atoms with Crippen LogP contribution in [0.3, 0.4) is 0 Å². The Balaban J connectivity index is 1.25. The Morgan fingerprint density at radius 3 is 2.68 bits per heavy atom. The van der Waals surface area contributed by atoms with Gasteiger partial charge in [0.25, 0.3) is 5.56 Å². The monoisotopic (exact) mass is 561 g/mol. The van der Waals surface area contributed by atoms with Crippen LogP contribution in [-0.2, 0) is 13.0 Å². The molecule has 2 heterocycles. The van der Waals surface area contributed by atoms with E-state index < -0.39 is 11.6 Å². The van der Waals surface area contributed by atoms with Crippen molar-refractivity contribution in [3.8, 4) is 0 Å². The van der Waals surface area contributed by atoms with E-state index in [9.17, 15) is 13.6 Å². The summed E-state index contributed by atoms with van der Waals surface area (Å²) < 4.78 is 28.9. The second-order valence-electron chi connectivity index (χ2n) is 13.0. The zero-order valence-corrected chi connectivity index (χ0v) is 24.5. The van der Waals surface area contributed by atoms with Gasteiger partial charge in [0.2, 0.25) is 0 Å². The summed E-state index contributed by atoms with van der Waals surface area (Å²) in [6.45, 7) is 12.5. The molecule has 3 aliphatic carbocycles. The van der Waals surface area contributed by atoms with Crippen molar-refractivity contribution >= 4 is 22.4 Å². The van der Waals surface area contributed by atoms with Gasteiger partial charge < -0.3 is 20.1 Å². The van der Waals surface area contributed by atoms with Gasteiger partial charge in [-0.05, 0) is 90.6 Å². The second-order valence-corrected chi connectivity index (χ2v) is 13.0. The number of pyridine rings is 1. The second kappa shape index (κ2) is 10.9. The van der Waals surface area contributed by atoms with Gasteiger partial charge in [-0.1, -0.05) is 26.8 Å². The molecule has 1 aliphatic heterocycles. The Morgan fingerprint density at radius 1 is 1.12 bits per heavy atom. The third-order valence-corrected chi connectivity index (χ3v) is 10.2. The van der Waals surface area contributed by atoms with Crippen molar-refractivity contribution in [2.24, 2.45) is 28.2 Å². The molecule has 3 saturated carbocycles. The molecule has 5 atom stereocenters. The third kappa shape index (κ3) is 5.39. The van der Waals surface area contributed by atoms with E-state index in [2.05, 4.69) is 43.2 Å². The number of nitrogens with one attached hydrogen (secondary N) is 2. The van der Waals surface area contributed by atoms with Crippen molar-refractivity contribution in [3.63, 3.8) is 0 Å². The summed E-state index contributed by atoms with van der Waals surface area (Å²) >= 11 is 0. The number of aryl methyl sites for hydroxylation is 2. The van der Waals surface area contributed by atoms with Gasteiger partial charge in [0.1, 0.15) is 11.6 Å². The third-order valence-electron chi connectivity index (χ3n) is 10.2. The van der Waals surface area contributed by atoms with E-state index in [-0.39, 0.29) is 5.56 Å². The number of hydrogen-bond acceptors (Lipinski definition) is 3. The van der Waals surface area contributed by atoms with Crippen LogP contribution >= 0.6 is 0 Å². The van der Waals surface area contributed by atoms with Crippen molar-refractivity contribution in [1.29, 1.82) is 0 Å². The van der Waals surface area contributed by atoms with Gasteiger partial charge in [-0.15, -0.1) is 0 Å². The summed E-state index contributed by atoms with van der Waals surface area (Å²) in [5.41, 5.74) is 1.49. The largest absolute Gasteiger partial charge is 0.353 e. The predicted molar refractivity (Wildman–Crippen MR) is 160 cm³/mol. The minimum absolute atomic E-state index is 0.132. The molecule has 1 aromatic heterocycles. The van der Waals surface area contributed by atoms with Crippen molar-refractivity contribution in [3.05, 3.63) is 76.2 Å². The fourth-order valence-electron chi connectivity index (χ4n) is 7.43. The number of hydrogen-bond donors (Lipinski definition) is 2. The summed E-state index contributed by atoms with van der Waals surface area (Å²) in [6.07, 6.45) is 4.56. The fraction of sp³-hybridized carbons (Fsp3) is 0.515. The standard InChI is InChI=1S/C33H41F2N5O/c1-20-19-40(14-11-36-20)32(38-30-17-24-16-28(21(30)2)33(24,3)4)37-26-7-8-27-23(15-26)10-13-39(31(27)41)12-9-22-5-6-25(34)18-29(22)35/h5-8,10,13,15,18,20-21,24,28,30,36H,9,11-12,14,16-17,19H2,1-4H3,(H,37,38)/t20-,21+,24-,28-,30-/m0/s1. The first-order chi connectivity index (χ1) is 19.6. The highest BCUT2D eigenvalue weighted by Gasteiger charge is 2.56. The van der Waals surface area contributed by atoms with Crippen LogP contribution < -0.4 is 16.2 Å². The number of nitrogens with zero attached hydrogens (tertiary/aromatic N) is 3. The van der Waals surface area contributed by atoms with Gasteiger partial charge in [0.15, 0.2) is 5.96 Å². The van der Waals surface area contributed by atoms with Gasteiger partial charge >= 0.3 is 0 Å². The lowest BCUT2D eigenvalue weighted by Crippen LogP contribution is -2.63. The zero-order valence-electron chi connectivity index (χ0n) is 24.5. The highest BCUT2D eigenvalue weighted by molar-refractivity contribution is 5.88. The molecular weight excluding hydrogens is 520 g/mol. The SMILES string of the molecule is C[C@H]1[C@@H](NC(=Nc2ccc3c(=O)n(CCc4ccc(F)cc4F)ccc3c2)N2CCN[C@@H](C)C2)C[C@@H]2C[C@@H]1C2(C)C. The maximum absolute atomic E-state index is 14.1. The number of rotatable bonds is 5. The lowest BCUT2D eigenvalue weighted by molar-refractivity contribution is -0.112. The Morgan fingerprint density at radius 2 is 1.95 bits per heavy atom. The summed E-state index contributed by atoms with van der Waals surface area (Å²) in [7, 11) is 0. The first-order valence-electron chi connectivity index (χ1n) is 15.0. The molecule has 2 N–H and O–H groups in total. The number of aliphatic imine (C=N–C) groups is 1. The lowest BCUT2D eigenvalue weighted by atomic mass is 9.45. The van der Waals surface area contributed by atoms with Gasteiger partial charge in [-0.2, -0.15) is 0 Å². The number of fused-ring (bicyclic) bond motifs is 3. The number of guanidine groups is 1. The van der Waals surface area contributed by atoms with E-state index in [1.165, 1.54) is 25.0 Å². The maximum Gasteiger partial charge on any atom is 0.258 e. The lowest BCUT2D eigenvalue weighted by Gasteiger charge is -2.62. The molecule has 4 aliphatic rings. The summed E-state index contributed by atoms with van der Waals surface area (Å²) in [5.74, 6) is 1.80. The van der Waals surface area contributed by atoms with Crippen LogP contribution in [0.2, 0.25) is 0 Å². The van der Waals surface area contributed by atoms with Gasteiger partial charge in [-0.3, -0.25) is 4.79 Å². The van der Waals surface area contributed by atoms with E-state index in [0.717, 1.165) is 54.6 Å². The van der Waals surface area contributed by atoms with Crippen LogP contribution in [0.15, 0.2) is 58.4 Å². The van der Waals surface area contributed by atoms with E-state index >= 15 is 0 Å². The molecular formula is C33H41F2N5O. The van der Waals surface area contributed by atoms with Crippen LogP contribution in [0, 0.1) is 34.8 Å². The Kier molecular flexibility index (Phi) is 7.39. The molecule has 8 heteroatoms. The average molecular weight is 562 g/mol. The van der Waals surface area contributed by atoms with E-state index in [4.69, 9.17) is 4.99 Å². The highest BCUT2D eigenvalue weighted by Crippen LogP contribution is 2.61. The smallest absolute Gasteiger partial charge is 0.258 e. The Bertz CT molecular complexity index is 1530. The summed E-state index contributed by atoms with van der Waals surface area (Å²) in [4.78, 5) is 20.7. The number of aromatic nitrogens is 1. The first kappa shape index (κ1) is 27.9. The first-order valence-corrected chi connectivity index (χ1v) is 15.0. The van der Waals surface area contributed by atoms with Crippen molar-refractivity contribution < 1.29 is 8.78 Å². The topological polar surface area (TPSA) is 61.7 Å². The molecule has 0 spiro atoms. The molecule has 41 heavy (non-hydrogen) atoms. The minimum Gasteiger partial charge on any atom is -0.353 e. The minimum atomic E-state index is -0.605. The molecule has 6 nitrogen and oxygen atoms in total. The normalized spacial score (nSPS) is 27.5. The molecule has 0 amide bonds. The quantitative estimate of drug-likeness (QED) is 0.321. The average Bonchev–Trinajstić information content (AvgIpc) is 2.94. The van der Waals surface area contributed by atoms with Crippen LogP contribution in [0.1, 0.15) is 46.1 Å². The molecule has 7 rings (SSSR count). The highest BCUT2D eigenvalue weighted by atomic mass is 19.1. The van der Waals surface area contributed by atoms with Crippen LogP contribution in [0.25, 0.3) is 10.8 Å². The van der Waals surface area contributed by atoms with Gasteiger partial charge in [0, 0.05) is 55.9 Å². The molecule has 4 fully saturated rings. The Labute approximate surface area is 240 Å². The molecule has 0 radical (unpaired) electrons. The van der Waals surface area contributed by atoms with E-state index in [1.807, 2.05) is 24.3 Å². The zero-order chi connectivity index (χ0) is 28.9. The number of halogens is 2. The predicted octanol–water partition coefficient (Wildman–Crippen LogP) is 5.46. The number of benzene rings is 2. The molecule has 1 saturated heterocycles. The Hall–Kier alpha value is -3.26. The number of piperazine rings is 1. The summed E-state index contributed by atoms with van der Waals surface area (Å²) in [5, 5.41) is 8.83. The van der Waals surface area contributed by atoms with Crippen LogP contribution in [-0.4, -0.2) is 47.1 Å². The van der Waals surface area contributed by atoms with Crippen molar-refractivity contribution in [2.45, 2.75) is 65.6 Å². The van der Waals surface area contributed by atoms with E-state index in [0.29, 0.717) is 47.3 Å². The van der Waals surface area contributed by atoms with E-state index in [1.54, 1.807) is 10.8 Å².